The van der Waals surface area contributed by atoms with Crippen LogP contribution in [-0.4, -0.2) is 22.2 Å². The summed E-state index contributed by atoms with van der Waals surface area (Å²) in [6.07, 6.45) is 2.63. The first kappa shape index (κ1) is 20.8. The van der Waals surface area contributed by atoms with Crippen LogP contribution in [0.2, 0.25) is 5.02 Å². The van der Waals surface area contributed by atoms with E-state index in [-0.39, 0.29) is 10.7 Å². The van der Waals surface area contributed by atoms with E-state index in [1.807, 2.05) is 0 Å². The third kappa shape index (κ3) is 4.57. The standard InChI is InChI=1S/C19H14BrClFN3O4/c1-29-16-5-3-12(9-13(16)21)25-7-6-24(18(27)19(25)28)10-17(26)23-15-4-2-11(20)8-14(15)22/h2-9H,10H2,1H3,(H,23,26). The van der Waals surface area contributed by atoms with E-state index >= 15 is 0 Å². The second-order valence-electron chi connectivity index (χ2n) is 5.90. The molecule has 0 aliphatic heterocycles. The summed E-state index contributed by atoms with van der Waals surface area (Å²) in [6, 6.07) is 8.75. The molecule has 0 aliphatic carbocycles. The molecular formula is C19H14BrClFN3O4. The summed E-state index contributed by atoms with van der Waals surface area (Å²) >= 11 is 9.18. The molecule has 0 radical (unpaired) electrons. The number of hydrogen-bond acceptors (Lipinski definition) is 4. The molecule has 0 unspecified atom stereocenters. The minimum absolute atomic E-state index is 0.0348. The second kappa shape index (κ2) is 8.62. The van der Waals surface area contributed by atoms with Gasteiger partial charge in [-0.05, 0) is 36.4 Å². The summed E-state index contributed by atoms with van der Waals surface area (Å²) in [5.74, 6) is -0.863. The zero-order chi connectivity index (χ0) is 21.1. The van der Waals surface area contributed by atoms with Crippen molar-refractivity contribution in [3.8, 4) is 11.4 Å². The maximum atomic E-state index is 13.8. The van der Waals surface area contributed by atoms with Crippen LogP contribution in [0.3, 0.4) is 0 Å². The van der Waals surface area contributed by atoms with Crippen molar-refractivity contribution in [2.45, 2.75) is 6.54 Å². The lowest BCUT2D eigenvalue weighted by Gasteiger charge is -2.11. The Morgan fingerprint density at radius 3 is 2.59 bits per heavy atom. The van der Waals surface area contributed by atoms with Gasteiger partial charge in [-0.25, -0.2) is 4.39 Å². The number of rotatable bonds is 5. The molecule has 0 saturated carbocycles. The summed E-state index contributed by atoms with van der Waals surface area (Å²) < 4.78 is 21.5. The fourth-order valence-electron chi connectivity index (χ4n) is 2.58. The van der Waals surface area contributed by atoms with Crippen molar-refractivity contribution in [3.63, 3.8) is 0 Å². The molecule has 0 fully saturated rings. The molecule has 0 atom stereocenters. The van der Waals surface area contributed by atoms with Crippen LogP contribution in [0.25, 0.3) is 5.69 Å². The highest BCUT2D eigenvalue weighted by Crippen LogP contribution is 2.26. The number of benzene rings is 2. The maximum Gasteiger partial charge on any atom is 0.320 e. The summed E-state index contributed by atoms with van der Waals surface area (Å²) in [7, 11) is 1.46. The van der Waals surface area contributed by atoms with Gasteiger partial charge in [0.1, 0.15) is 18.1 Å². The second-order valence-corrected chi connectivity index (χ2v) is 7.22. The van der Waals surface area contributed by atoms with Crippen LogP contribution >= 0.6 is 27.5 Å². The highest BCUT2D eigenvalue weighted by molar-refractivity contribution is 9.10. The van der Waals surface area contributed by atoms with Gasteiger partial charge in [-0.15, -0.1) is 0 Å². The van der Waals surface area contributed by atoms with Gasteiger partial charge in [0.25, 0.3) is 0 Å². The van der Waals surface area contributed by atoms with Crippen molar-refractivity contribution in [2.24, 2.45) is 0 Å². The molecule has 2 aromatic carbocycles. The van der Waals surface area contributed by atoms with E-state index in [0.717, 1.165) is 9.13 Å². The van der Waals surface area contributed by atoms with Crippen LogP contribution in [0, 0.1) is 5.82 Å². The summed E-state index contributed by atoms with van der Waals surface area (Å²) in [5.41, 5.74) is -1.44. The van der Waals surface area contributed by atoms with Crippen LogP contribution in [0.5, 0.6) is 5.75 Å². The van der Waals surface area contributed by atoms with Crippen LogP contribution in [-0.2, 0) is 11.3 Å². The maximum absolute atomic E-state index is 13.8. The Labute approximate surface area is 177 Å². The van der Waals surface area contributed by atoms with E-state index in [2.05, 4.69) is 21.2 Å². The van der Waals surface area contributed by atoms with Crippen molar-refractivity contribution in [1.82, 2.24) is 9.13 Å². The predicted molar refractivity (Wildman–Crippen MR) is 111 cm³/mol. The number of halogens is 3. The lowest BCUT2D eigenvalue weighted by molar-refractivity contribution is -0.116. The van der Waals surface area contributed by atoms with Crippen molar-refractivity contribution in [1.29, 1.82) is 0 Å². The number of amides is 1. The minimum Gasteiger partial charge on any atom is -0.495 e. The first-order chi connectivity index (χ1) is 13.8. The Bertz CT molecular complexity index is 1210. The Balaban J connectivity index is 1.84. The SMILES string of the molecule is COc1ccc(-n2ccn(CC(=O)Nc3ccc(Br)cc3F)c(=O)c2=O)cc1Cl. The molecule has 3 aromatic rings. The molecule has 29 heavy (non-hydrogen) atoms. The lowest BCUT2D eigenvalue weighted by atomic mass is 10.3. The van der Waals surface area contributed by atoms with Crippen LogP contribution in [0.1, 0.15) is 0 Å². The number of ether oxygens (including phenoxy) is 1. The van der Waals surface area contributed by atoms with Crippen molar-refractivity contribution >= 4 is 39.1 Å². The molecule has 10 heteroatoms. The van der Waals surface area contributed by atoms with E-state index < -0.39 is 29.4 Å². The molecule has 1 heterocycles. The van der Waals surface area contributed by atoms with E-state index in [1.165, 1.54) is 37.7 Å². The number of carbonyl (C=O) groups is 1. The van der Waals surface area contributed by atoms with Crippen molar-refractivity contribution < 1.29 is 13.9 Å². The molecule has 1 aromatic heterocycles. The third-order valence-corrected chi connectivity index (χ3v) is 4.78. The molecule has 1 amide bonds. The van der Waals surface area contributed by atoms with Crippen LogP contribution in [0.4, 0.5) is 10.1 Å². The highest BCUT2D eigenvalue weighted by atomic mass is 79.9. The van der Waals surface area contributed by atoms with Gasteiger partial charge >= 0.3 is 11.1 Å². The van der Waals surface area contributed by atoms with Gasteiger partial charge in [0.05, 0.1) is 23.5 Å². The molecule has 150 valence electrons. The molecule has 0 aliphatic rings. The fraction of sp³-hybridized carbons (Fsp3) is 0.105. The topological polar surface area (TPSA) is 82.3 Å². The summed E-state index contributed by atoms with van der Waals surface area (Å²) in [6.45, 7) is -0.451. The quantitative estimate of drug-likeness (QED) is 0.566. The van der Waals surface area contributed by atoms with E-state index in [4.69, 9.17) is 16.3 Å². The van der Waals surface area contributed by atoms with Crippen LogP contribution in [0.15, 0.2) is 62.9 Å². The number of hydrogen-bond donors (Lipinski definition) is 1. The first-order valence-corrected chi connectivity index (χ1v) is 9.38. The highest BCUT2D eigenvalue weighted by Gasteiger charge is 2.13. The Morgan fingerprint density at radius 1 is 1.17 bits per heavy atom. The third-order valence-electron chi connectivity index (χ3n) is 3.99. The largest absolute Gasteiger partial charge is 0.495 e. The summed E-state index contributed by atoms with van der Waals surface area (Å²) in [4.78, 5) is 37.0. The van der Waals surface area contributed by atoms with Crippen molar-refractivity contribution in [2.75, 3.05) is 12.4 Å². The average Bonchev–Trinajstić information content (AvgIpc) is 2.68. The van der Waals surface area contributed by atoms with Gasteiger partial charge in [-0.1, -0.05) is 27.5 Å². The predicted octanol–water partition coefficient (Wildman–Crippen LogP) is 3.20. The van der Waals surface area contributed by atoms with Gasteiger partial charge in [-0.2, -0.15) is 0 Å². The smallest absolute Gasteiger partial charge is 0.320 e. The van der Waals surface area contributed by atoms with Gasteiger partial charge < -0.3 is 10.1 Å². The van der Waals surface area contributed by atoms with E-state index in [0.29, 0.717) is 15.9 Å². The molecule has 0 saturated heterocycles. The first-order valence-electron chi connectivity index (χ1n) is 8.21. The Kier molecular flexibility index (Phi) is 6.19. The van der Waals surface area contributed by atoms with E-state index in [9.17, 15) is 18.8 Å². The normalized spacial score (nSPS) is 10.6. The number of anilines is 1. The number of methoxy groups -OCH3 is 1. The average molecular weight is 483 g/mol. The van der Waals surface area contributed by atoms with Gasteiger partial charge in [0, 0.05) is 16.9 Å². The molecule has 3 rings (SSSR count). The zero-order valence-corrected chi connectivity index (χ0v) is 17.3. The summed E-state index contributed by atoms with van der Waals surface area (Å²) in [5, 5.41) is 2.64. The van der Waals surface area contributed by atoms with Gasteiger partial charge in [0.2, 0.25) is 5.91 Å². The number of aromatic nitrogens is 2. The monoisotopic (exact) mass is 481 g/mol. The van der Waals surface area contributed by atoms with Crippen LogP contribution < -0.4 is 21.2 Å². The molecule has 7 nitrogen and oxygen atoms in total. The lowest BCUT2D eigenvalue weighted by Crippen LogP contribution is -2.41. The minimum atomic E-state index is -0.911. The molecular weight excluding hydrogens is 469 g/mol. The zero-order valence-electron chi connectivity index (χ0n) is 15.0. The van der Waals surface area contributed by atoms with Gasteiger partial charge in [0.15, 0.2) is 0 Å². The number of carbonyl (C=O) groups excluding carboxylic acids is 1. The molecule has 1 N–H and O–H groups in total. The number of nitrogens with zero attached hydrogens (tertiary/aromatic N) is 2. The van der Waals surface area contributed by atoms with E-state index in [1.54, 1.807) is 18.2 Å². The fourth-order valence-corrected chi connectivity index (χ4v) is 3.16. The van der Waals surface area contributed by atoms with Crippen molar-refractivity contribution in [3.05, 3.63) is 84.8 Å². The molecule has 0 spiro atoms. The number of nitrogens with one attached hydrogen (secondary N) is 1. The van der Waals surface area contributed by atoms with Gasteiger partial charge in [-0.3, -0.25) is 23.5 Å². The Hall–Kier alpha value is -2.91. The molecule has 0 bridgehead atoms. The Morgan fingerprint density at radius 2 is 1.93 bits per heavy atom.